The Morgan fingerprint density at radius 2 is 1.96 bits per heavy atom. The Morgan fingerprint density at radius 3 is 2.64 bits per heavy atom. The fourth-order valence-electron chi connectivity index (χ4n) is 3.22. The number of carbonyl (C=O) groups is 3. The van der Waals surface area contributed by atoms with Gasteiger partial charge >= 0.3 is 6.03 Å². The topological polar surface area (TPSA) is 105 Å². The monoisotopic (exact) mass is 444 g/mol. The summed E-state index contributed by atoms with van der Waals surface area (Å²) in [6, 6.07) is 13.2. The summed E-state index contributed by atoms with van der Waals surface area (Å²) in [5, 5.41) is 5.43. The molecule has 1 saturated heterocycles. The van der Waals surface area contributed by atoms with E-state index in [1.54, 1.807) is 23.1 Å². The maximum absolute atomic E-state index is 12.6. The molecule has 2 aromatic rings. The van der Waals surface area contributed by atoms with Crippen LogP contribution in [0.25, 0.3) is 0 Å². The second kappa shape index (κ2) is 8.88. The summed E-state index contributed by atoms with van der Waals surface area (Å²) in [4.78, 5) is 37.6. The summed E-state index contributed by atoms with van der Waals surface area (Å²) in [7, 11) is 0. The van der Waals surface area contributed by atoms with Crippen LogP contribution in [-0.2, 0) is 9.59 Å². The predicted octanol–water partition coefficient (Wildman–Crippen LogP) is 3.31. The third-order valence-corrected chi connectivity index (χ3v) is 4.97. The zero-order valence-corrected chi connectivity index (χ0v) is 16.7. The fraction of sp³-hybridized carbons (Fsp3) is 0.250. The van der Waals surface area contributed by atoms with Crippen molar-refractivity contribution in [2.45, 2.75) is 25.3 Å². The highest BCUT2D eigenvalue weighted by Gasteiger charge is 2.22. The molecule has 0 aliphatic carbocycles. The Labute approximate surface area is 171 Å². The molecule has 2 aromatic carbocycles. The average Bonchev–Trinajstić information content (AvgIpc) is 3.07. The minimum Gasteiger partial charge on any atom is -0.352 e. The van der Waals surface area contributed by atoms with Crippen molar-refractivity contribution in [3.05, 3.63) is 58.6 Å². The molecular formula is C20H21BrN4O3. The molecule has 1 aliphatic rings. The lowest BCUT2D eigenvalue weighted by Crippen LogP contribution is -2.35. The summed E-state index contributed by atoms with van der Waals surface area (Å²) in [6.07, 6.45) is 1.40. The normalized spacial score (nSPS) is 14.6. The minimum absolute atomic E-state index is 0.0201. The summed E-state index contributed by atoms with van der Waals surface area (Å²) in [5.74, 6) is -0.188. The van der Waals surface area contributed by atoms with Gasteiger partial charge < -0.3 is 21.3 Å². The lowest BCUT2D eigenvalue weighted by atomic mass is 10.0. The van der Waals surface area contributed by atoms with E-state index in [2.05, 4.69) is 26.6 Å². The summed E-state index contributed by atoms with van der Waals surface area (Å²) < 4.78 is 0.838. The van der Waals surface area contributed by atoms with Crippen LogP contribution in [0, 0.1) is 0 Å². The van der Waals surface area contributed by atoms with E-state index >= 15 is 0 Å². The highest BCUT2D eigenvalue weighted by Crippen LogP contribution is 2.25. The number of anilines is 2. The molecule has 4 amide bonds. The second-order valence-corrected chi connectivity index (χ2v) is 7.48. The van der Waals surface area contributed by atoms with Crippen molar-refractivity contribution in [3.8, 4) is 0 Å². The molecular weight excluding hydrogens is 424 g/mol. The van der Waals surface area contributed by atoms with Gasteiger partial charge in [-0.2, -0.15) is 0 Å². The second-order valence-electron chi connectivity index (χ2n) is 6.57. The first-order valence-electron chi connectivity index (χ1n) is 8.94. The van der Waals surface area contributed by atoms with Crippen molar-refractivity contribution in [2.75, 3.05) is 16.8 Å². The van der Waals surface area contributed by atoms with E-state index in [4.69, 9.17) is 5.73 Å². The van der Waals surface area contributed by atoms with Gasteiger partial charge in [-0.25, -0.2) is 4.79 Å². The number of urea groups is 1. The van der Waals surface area contributed by atoms with E-state index in [1.807, 2.05) is 30.3 Å². The number of hydrogen-bond donors (Lipinski definition) is 3. The number of rotatable bonds is 6. The number of hydrogen-bond acceptors (Lipinski definition) is 3. The predicted molar refractivity (Wildman–Crippen MR) is 111 cm³/mol. The highest BCUT2D eigenvalue weighted by atomic mass is 79.9. The van der Waals surface area contributed by atoms with Crippen LogP contribution in [0.4, 0.5) is 16.2 Å². The molecule has 28 heavy (non-hydrogen) atoms. The van der Waals surface area contributed by atoms with Gasteiger partial charge in [0.15, 0.2) is 0 Å². The largest absolute Gasteiger partial charge is 0.352 e. The van der Waals surface area contributed by atoms with Crippen LogP contribution < -0.4 is 21.3 Å². The van der Waals surface area contributed by atoms with Gasteiger partial charge in [0.1, 0.15) is 0 Å². The maximum atomic E-state index is 12.6. The van der Waals surface area contributed by atoms with Crippen molar-refractivity contribution >= 4 is 45.2 Å². The first kappa shape index (κ1) is 19.9. The Morgan fingerprint density at radius 1 is 1.18 bits per heavy atom. The van der Waals surface area contributed by atoms with Gasteiger partial charge in [-0.1, -0.05) is 34.1 Å². The lowest BCUT2D eigenvalue weighted by molar-refractivity contribution is -0.117. The number of halogens is 1. The van der Waals surface area contributed by atoms with E-state index < -0.39 is 12.1 Å². The number of nitrogens with zero attached hydrogens (tertiary/aromatic N) is 1. The van der Waals surface area contributed by atoms with Crippen molar-refractivity contribution < 1.29 is 14.4 Å². The summed E-state index contributed by atoms with van der Waals surface area (Å²) in [5.41, 5.74) is 7.39. The van der Waals surface area contributed by atoms with Gasteiger partial charge in [0.05, 0.1) is 12.5 Å². The van der Waals surface area contributed by atoms with Crippen molar-refractivity contribution in [1.29, 1.82) is 0 Å². The minimum atomic E-state index is -0.702. The van der Waals surface area contributed by atoms with Crippen LogP contribution in [0.5, 0.6) is 0 Å². The smallest absolute Gasteiger partial charge is 0.312 e. The van der Waals surface area contributed by atoms with E-state index in [0.717, 1.165) is 22.1 Å². The number of carbonyl (C=O) groups excluding carboxylic acids is 3. The van der Waals surface area contributed by atoms with Crippen LogP contribution >= 0.6 is 15.9 Å². The number of nitrogens with one attached hydrogen (secondary N) is 2. The summed E-state index contributed by atoms with van der Waals surface area (Å²) >= 11 is 3.39. The lowest BCUT2D eigenvalue weighted by Gasteiger charge is -2.19. The quantitative estimate of drug-likeness (QED) is 0.636. The van der Waals surface area contributed by atoms with Crippen LogP contribution in [-0.4, -0.2) is 24.4 Å². The Hall–Kier alpha value is -2.87. The van der Waals surface area contributed by atoms with Gasteiger partial charge in [0.2, 0.25) is 11.8 Å². The van der Waals surface area contributed by atoms with Crippen molar-refractivity contribution in [1.82, 2.24) is 5.32 Å². The SMILES string of the molecule is NC(=O)N[C@@H](CC(=O)Nc1cccc(N2CCCC2=O)c1)c1cccc(Br)c1. The first-order chi connectivity index (χ1) is 13.4. The molecule has 8 heteroatoms. The standard InChI is InChI=1S/C20H21BrN4O3/c21-14-5-1-4-13(10-14)17(24-20(22)28)12-18(26)23-15-6-2-7-16(11-15)25-9-3-8-19(25)27/h1-2,4-7,10-11,17H,3,8-9,12H2,(H,23,26)(H3,22,24,28)/t17-/m0/s1. The zero-order valence-electron chi connectivity index (χ0n) is 15.2. The van der Waals surface area contributed by atoms with E-state index in [1.165, 1.54) is 0 Å². The zero-order chi connectivity index (χ0) is 20.1. The number of nitrogens with two attached hydrogens (primary N) is 1. The molecule has 4 N–H and O–H groups in total. The highest BCUT2D eigenvalue weighted by molar-refractivity contribution is 9.10. The molecule has 0 spiro atoms. The molecule has 0 unspecified atom stereocenters. The molecule has 1 fully saturated rings. The van der Waals surface area contributed by atoms with E-state index in [-0.39, 0.29) is 18.2 Å². The molecule has 0 radical (unpaired) electrons. The van der Waals surface area contributed by atoms with Crippen molar-refractivity contribution in [3.63, 3.8) is 0 Å². The molecule has 1 heterocycles. The Kier molecular flexibility index (Phi) is 6.30. The average molecular weight is 445 g/mol. The first-order valence-corrected chi connectivity index (χ1v) is 9.73. The van der Waals surface area contributed by atoms with Gasteiger partial charge in [-0.15, -0.1) is 0 Å². The van der Waals surface area contributed by atoms with Crippen LogP contribution in [0.3, 0.4) is 0 Å². The van der Waals surface area contributed by atoms with Crippen LogP contribution in [0.15, 0.2) is 53.0 Å². The Balaban J connectivity index is 1.71. The molecule has 7 nitrogen and oxygen atoms in total. The number of amides is 4. The van der Waals surface area contributed by atoms with E-state index in [9.17, 15) is 14.4 Å². The van der Waals surface area contributed by atoms with Crippen molar-refractivity contribution in [2.24, 2.45) is 5.73 Å². The van der Waals surface area contributed by atoms with Gasteiger partial charge in [-0.3, -0.25) is 9.59 Å². The third-order valence-electron chi connectivity index (χ3n) is 4.47. The molecule has 0 aromatic heterocycles. The Bertz CT molecular complexity index is 903. The number of benzene rings is 2. The van der Waals surface area contributed by atoms with E-state index in [0.29, 0.717) is 18.7 Å². The summed E-state index contributed by atoms with van der Waals surface area (Å²) in [6.45, 7) is 0.684. The van der Waals surface area contributed by atoms with Gasteiger partial charge in [0, 0.05) is 28.8 Å². The number of primary amides is 1. The third kappa shape index (κ3) is 5.10. The van der Waals surface area contributed by atoms with Gasteiger partial charge in [0.25, 0.3) is 0 Å². The molecule has 0 saturated carbocycles. The molecule has 146 valence electrons. The molecule has 1 atom stereocenters. The van der Waals surface area contributed by atoms with Crippen LogP contribution in [0.2, 0.25) is 0 Å². The maximum Gasteiger partial charge on any atom is 0.312 e. The molecule has 1 aliphatic heterocycles. The van der Waals surface area contributed by atoms with Crippen LogP contribution in [0.1, 0.15) is 30.9 Å². The van der Waals surface area contributed by atoms with Gasteiger partial charge in [-0.05, 0) is 42.3 Å². The fourth-order valence-corrected chi connectivity index (χ4v) is 3.63. The molecule has 3 rings (SSSR count). The molecule has 0 bridgehead atoms.